The van der Waals surface area contributed by atoms with E-state index in [1.54, 1.807) is 13.4 Å². The maximum absolute atomic E-state index is 6.08. The van der Waals surface area contributed by atoms with E-state index in [4.69, 9.17) is 21.3 Å². The molecule has 0 saturated heterocycles. The van der Waals surface area contributed by atoms with Gasteiger partial charge in [0.25, 0.3) is 0 Å². The van der Waals surface area contributed by atoms with Gasteiger partial charge in [-0.2, -0.15) is 0 Å². The van der Waals surface area contributed by atoms with Crippen molar-refractivity contribution in [1.29, 1.82) is 0 Å². The molecule has 5 nitrogen and oxygen atoms in total. The van der Waals surface area contributed by atoms with Gasteiger partial charge in [-0.05, 0) is 61.2 Å². The molecule has 0 aliphatic heterocycles. The molecule has 4 aromatic rings. The zero-order valence-electron chi connectivity index (χ0n) is 17.5. The standard InChI is InChI=1S/C25H23ClN4O/c1-17-15-30(16-28-17)21-8-3-18(13-22(21)31-2)14-24-27-12-9-23(29-24)25(10-11-25)19-4-6-20(26)7-5-19/h3-9,12-13,15-16H,10-11,14H2,1-2H3. The number of hydrogen-bond acceptors (Lipinski definition) is 4. The Balaban J connectivity index is 1.42. The van der Waals surface area contributed by atoms with Crippen LogP contribution in [0.1, 0.15) is 41.2 Å². The molecule has 156 valence electrons. The van der Waals surface area contributed by atoms with Crippen molar-refractivity contribution in [2.24, 2.45) is 0 Å². The molecule has 1 saturated carbocycles. The first-order chi connectivity index (χ1) is 15.1. The number of halogens is 1. The highest BCUT2D eigenvalue weighted by atomic mass is 35.5. The van der Waals surface area contributed by atoms with Crippen LogP contribution in [0.25, 0.3) is 5.69 Å². The fourth-order valence-corrected chi connectivity index (χ4v) is 4.24. The molecular formula is C25H23ClN4O. The summed E-state index contributed by atoms with van der Waals surface area (Å²) >= 11 is 6.08. The van der Waals surface area contributed by atoms with Gasteiger partial charge < -0.3 is 9.30 Å². The highest BCUT2D eigenvalue weighted by Gasteiger charge is 2.47. The van der Waals surface area contributed by atoms with Crippen LogP contribution in [-0.2, 0) is 11.8 Å². The van der Waals surface area contributed by atoms with Crippen molar-refractivity contribution in [3.8, 4) is 11.4 Å². The van der Waals surface area contributed by atoms with Crippen molar-refractivity contribution in [1.82, 2.24) is 19.5 Å². The van der Waals surface area contributed by atoms with Crippen LogP contribution < -0.4 is 4.74 Å². The summed E-state index contributed by atoms with van der Waals surface area (Å²) in [7, 11) is 1.69. The van der Waals surface area contributed by atoms with E-state index >= 15 is 0 Å². The van der Waals surface area contributed by atoms with E-state index < -0.39 is 0 Å². The second-order valence-electron chi connectivity index (χ2n) is 8.05. The number of imidazole rings is 1. The topological polar surface area (TPSA) is 52.8 Å². The molecule has 31 heavy (non-hydrogen) atoms. The number of rotatable bonds is 6. The zero-order chi connectivity index (χ0) is 21.4. The first-order valence-corrected chi connectivity index (χ1v) is 10.7. The summed E-state index contributed by atoms with van der Waals surface area (Å²) in [5, 5.41) is 0.756. The van der Waals surface area contributed by atoms with Crippen LogP contribution in [0.5, 0.6) is 5.75 Å². The second kappa shape index (κ2) is 7.82. The molecule has 0 N–H and O–H groups in total. The van der Waals surface area contributed by atoms with Crippen molar-refractivity contribution >= 4 is 11.6 Å². The van der Waals surface area contributed by atoms with Crippen LogP contribution in [0.3, 0.4) is 0 Å². The highest BCUT2D eigenvalue weighted by molar-refractivity contribution is 6.30. The number of hydrogen-bond donors (Lipinski definition) is 0. The van der Waals surface area contributed by atoms with Crippen LogP contribution in [0, 0.1) is 6.92 Å². The molecule has 2 aromatic heterocycles. The van der Waals surface area contributed by atoms with Gasteiger partial charge in [-0.15, -0.1) is 0 Å². The van der Waals surface area contributed by atoms with Gasteiger partial charge >= 0.3 is 0 Å². The van der Waals surface area contributed by atoms with Gasteiger partial charge in [-0.25, -0.2) is 15.0 Å². The van der Waals surface area contributed by atoms with Gasteiger partial charge in [-0.1, -0.05) is 29.8 Å². The van der Waals surface area contributed by atoms with Crippen molar-refractivity contribution in [3.05, 3.63) is 101 Å². The van der Waals surface area contributed by atoms with E-state index in [0.717, 1.165) is 52.1 Å². The number of methoxy groups -OCH3 is 1. The van der Waals surface area contributed by atoms with Crippen LogP contribution >= 0.6 is 11.6 Å². The third-order valence-electron chi connectivity index (χ3n) is 5.94. The molecule has 5 rings (SSSR count). The van der Waals surface area contributed by atoms with E-state index in [2.05, 4.69) is 34.2 Å². The molecule has 1 aliphatic rings. The summed E-state index contributed by atoms with van der Waals surface area (Å²) in [6, 6.07) is 16.4. The van der Waals surface area contributed by atoms with Gasteiger partial charge in [0.15, 0.2) is 0 Å². The molecule has 0 spiro atoms. The smallest absolute Gasteiger partial charge is 0.143 e. The lowest BCUT2D eigenvalue weighted by Crippen LogP contribution is -2.13. The molecule has 2 aromatic carbocycles. The molecule has 0 amide bonds. The highest BCUT2D eigenvalue weighted by Crippen LogP contribution is 2.52. The van der Waals surface area contributed by atoms with Gasteiger partial charge in [-0.3, -0.25) is 0 Å². The van der Waals surface area contributed by atoms with Crippen LogP contribution in [0.2, 0.25) is 5.02 Å². The maximum Gasteiger partial charge on any atom is 0.143 e. The minimum Gasteiger partial charge on any atom is -0.495 e. The monoisotopic (exact) mass is 430 g/mol. The molecule has 0 unspecified atom stereocenters. The first kappa shape index (κ1) is 19.8. The number of nitrogens with zero attached hydrogens (tertiary/aromatic N) is 4. The van der Waals surface area contributed by atoms with E-state index in [1.165, 1.54) is 5.56 Å². The van der Waals surface area contributed by atoms with Gasteiger partial charge in [0.05, 0.1) is 30.5 Å². The fraction of sp³-hybridized carbons (Fsp3) is 0.240. The van der Waals surface area contributed by atoms with Crippen LogP contribution in [0.15, 0.2) is 67.3 Å². The lowest BCUT2D eigenvalue weighted by Gasteiger charge is -2.16. The van der Waals surface area contributed by atoms with Crippen molar-refractivity contribution in [2.75, 3.05) is 7.11 Å². The SMILES string of the molecule is COc1cc(Cc2nccc(C3(c4ccc(Cl)cc4)CC3)n2)ccc1-n1cnc(C)c1. The normalized spacial score (nSPS) is 14.4. The Kier molecular flexibility index (Phi) is 4.98. The second-order valence-corrected chi connectivity index (χ2v) is 8.49. The number of aromatic nitrogens is 4. The Morgan fingerprint density at radius 2 is 1.87 bits per heavy atom. The largest absolute Gasteiger partial charge is 0.495 e. The molecule has 6 heteroatoms. The fourth-order valence-electron chi connectivity index (χ4n) is 4.12. The third kappa shape index (κ3) is 3.81. The average molecular weight is 431 g/mol. The summed E-state index contributed by atoms with van der Waals surface area (Å²) in [4.78, 5) is 13.8. The summed E-state index contributed by atoms with van der Waals surface area (Å²) < 4.78 is 7.61. The van der Waals surface area contributed by atoms with Crippen LogP contribution in [-0.4, -0.2) is 26.6 Å². The zero-order valence-corrected chi connectivity index (χ0v) is 18.3. The number of ether oxygens (including phenoxy) is 1. The molecule has 0 bridgehead atoms. The van der Waals surface area contributed by atoms with Crippen molar-refractivity contribution in [2.45, 2.75) is 31.6 Å². The molecule has 0 atom stereocenters. The van der Waals surface area contributed by atoms with E-state index in [0.29, 0.717) is 6.42 Å². The Labute approximate surface area is 186 Å². The minimum atomic E-state index is -0.0108. The van der Waals surface area contributed by atoms with E-state index in [-0.39, 0.29) is 5.41 Å². The quantitative estimate of drug-likeness (QED) is 0.416. The van der Waals surface area contributed by atoms with Crippen molar-refractivity contribution in [3.63, 3.8) is 0 Å². The van der Waals surface area contributed by atoms with Gasteiger partial charge in [0, 0.05) is 29.3 Å². The summed E-state index contributed by atoms with van der Waals surface area (Å²) in [5.74, 6) is 1.61. The predicted octanol–water partition coefficient (Wildman–Crippen LogP) is 5.30. The Morgan fingerprint density at radius 1 is 1.06 bits per heavy atom. The lowest BCUT2D eigenvalue weighted by atomic mass is 9.92. The molecular weight excluding hydrogens is 408 g/mol. The van der Waals surface area contributed by atoms with Crippen molar-refractivity contribution < 1.29 is 4.74 Å². The summed E-state index contributed by atoms with van der Waals surface area (Å²) in [6.45, 7) is 1.97. The number of benzene rings is 2. The van der Waals surface area contributed by atoms with Gasteiger partial charge in [0.2, 0.25) is 0 Å². The average Bonchev–Trinajstić information content (AvgIpc) is 3.49. The Morgan fingerprint density at radius 3 is 2.55 bits per heavy atom. The lowest BCUT2D eigenvalue weighted by molar-refractivity contribution is 0.412. The Hall–Kier alpha value is -3.18. The minimum absolute atomic E-state index is 0.0108. The van der Waals surface area contributed by atoms with Gasteiger partial charge in [0.1, 0.15) is 11.6 Å². The molecule has 1 aliphatic carbocycles. The maximum atomic E-state index is 6.08. The first-order valence-electron chi connectivity index (χ1n) is 10.3. The number of aryl methyl sites for hydroxylation is 1. The van der Waals surface area contributed by atoms with E-state index in [9.17, 15) is 0 Å². The molecule has 2 heterocycles. The summed E-state index contributed by atoms with van der Waals surface area (Å²) in [6.07, 6.45) is 8.48. The third-order valence-corrected chi connectivity index (χ3v) is 6.19. The Bertz CT molecular complexity index is 1230. The molecule has 0 radical (unpaired) electrons. The van der Waals surface area contributed by atoms with Crippen LogP contribution in [0.4, 0.5) is 0 Å². The summed E-state index contributed by atoms with van der Waals surface area (Å²) in [5.41, 5.74) is 5.36. The predicted molar refractivity (Wildman–Crippen MR) is 121 cm³/mol. The molecule has 1 fully saturated rings. The van der Waals surface area contributed by atoms with E-state index in [1.807, 2.05) is 48.1 Å².